The van der Waals surface area contributed by atoms with E-state index in [0.29, 0.717) is 50.6 Å². The van der Waals surface area contributed by atoms with Crippen molar-refractivity contribution in [2.75, 3.05) is 0 Å². The number of carboxylic acid groups (broad SMARTS) is 1. The summed E-state index contributed by atoms with van der Waals surface area (Å²) in [6.07, 6.45) is 0.588. The van der Waals surface area contributed by atoms with E-state index >= 15 is 0 Å². The van der Waals surface area contributed by atoms with Crippen molar-refractivity contribution in [3.63, 3.8) is 0 Å². The van der Waals surface area contributed by atoms with Crippen molar-refractivity contribution in [2.24, 2.45) is 0 Å². The van der Waals surface area contributed by atoms with Crippen LogP contribution in [0.3, 0.4) is 0 Å². The highest BCUT2D eigenvalue weighted by Crippen LogP contribution is 2.45. The van der Waals surface area contributed by atoms with Crippen molar-refractivity contribution < 1.29 is 19.1 Å². The zero-order valence-electron chi connectivity index (χ0n) is 18.8. The summed E-state index contributed by atoms with van der Waals surface area (Å²) in [5, 5.41) is 20.7. The molecule has 178 valence electrons. The van der Waals surface area contributed by atoms with Crippen LogP contribution in [0.1, 0.15) is 31.9 Å². The Kier molecular flexibility index (Phi) is 5.86. The summed E-state index contributed by atoms with van der Waals surface area (Å²) in [6.45, 7) is 3.79. The minimum absolute atomic E-state index is 0.349. The minimum Gasteiger partial charge on any atom is -0.471 e. The number of carbonyl (C=O) groups is 1. The zero-order valence-corrected chi connectivity index (χ0v) is 20.3. The molecule has 1 aliphatic heterocycles. The second-order valence-electron chi connectivity index (χ2n) is 8.79. The maximum Gasteiger partial charge on any atom is 0.405 e. The fourth-order valence-electron chi connectivity index (χ4n) is 4.22. The van der Waals surface area contributed by atoms with Gasteiger partial charge in [0.2, 0.25) is 18.2 Å². The molecule has 8 nitrogen and oxygen atoms in total. The number of halogens is 2. The number of amides is 1. The summed E-state index contributed by atoms with van der Waals surface area (Å²) in [5.41, 5.74) is 3.54. The molecule has 1 amide bonds. The molecule has 10 heteroatoms. The lowest BCUT2D eigenvalue weighted by molar-refractivity contribution is 0.0604. The Hall–Kier alpha value is -3.62. The molecule has 2 N–H and O–H groups in total. The van der Waals surface area contributed by atoms with Crippen molar-refractivity contribution in [2.45, 2.75) is 31.9 Å². The standard InChI is InChI=1S/C25H20Cl2N4O4/c1-25(2)11-20(29-24(32)33)18-10-17(13-3-6-15(26)7-4-13)21(30-23(18)35-25)16-8-5-14(9-19(16)27)22-31-28-12-34-22/h3-10,12,20,29H,11H2,1-2H3,(H,32,33)/t20-/m1/s1. The topological polar surface area (TPSA) is 110 Å². The molecule has 0 saturated heterocycles. The summed E-state index contributed by atoms with van der Waals surface area (Å²) >= 11 is 12.8. The molecule has 0 unspecified atom stereocenters. The van der Waals surface area contributed by atoms with Crippen LogP contribution in [0.2, 0.25) is 10.0 Å². The molecule has 35 heavy (non-hydrogen) atoms. The predicted molar refractivity (Wildman–Crippen MR) is 132 cm³/mol. The molecule has 4 aromatic rings. The molecule has 3 heterocycles. The Labute approximate surface area is 210 Å². The number of aromatic nitrogens is 3. The monoisotopic (exact) mass is 510 g/mol. The number of nitrogens with zero attached hydrogens (tertiary/aromatic N) is 3. The molecule has 2 aromatic carbocycles. The quantitative estimate of drug-likeness (QED) is 0.316. The second-order valence-corrected chi connectivity index (χ2v) is 9.64. The Morgan fingerprint density at radius 1 is 1.09 bits per heavy atom. The lowest BCUT2D eigenvalue weighted by Gasteiger charge is -2.37. The first-order valence-electron chi connectivity index (χ1n) is 10.8. The molecule has 0 saturated carbocycles. The highest BCUT2D eigenvalue weighted by atomic mass is 35.5. The van der Waals surface area contributed by atoms with Crippen molar-refractivity contribution in [3.8, 4) is 39.7 Å². The molecule has 0 bridgehead atoms. The molecular weight excluding hydrogens is 491 g/mol. The SMILES string of the molecule is CC1(C)C[C@@H](NC(=O)O)c2cc(-c3ccc(Cl)cc3)c(-c3ccc(-c4nnco4)cc3Cl)nc2O1. The Balaban J connectivity index is 1.71. The van der Waals surface area contributed by atoms with Crippen LogP contribution < -0.4 is 10.1 Å². The third-order valence-electron chi connectivity index (χ3n) is 5.74. The van der Waals surface area contributed by atoms with Gasteiger partial charge in [0.1, 0.15) is 5.60 Å². The fraction of sp³-hybridized carbons (Fsp3) is 0.200. The van der Waals surface area contributed by atoms with Crippen LogP contribution in [-0.4, -0.2) is 32.0 Å². The highest BCUT2D eigenvalue weighted by Gasteiger charge is 2.37. The second kappa shape index (κ2) is 8.87. The maximum absolute atomic E-state index is 11.5. The normalized spacial score (nSPS) is 16.3. The van der Waals surface area contributed by atoms with Crippen LogP contribution in [0, 0.1) is 0 Å². The van der Waals surface area contributed by atoms with Crippen LogP contribution in [-0.2, 0) is 0 Å². The Morgan fingerprint density at radius 2 is 1.83 bits per heavy atom. The van der Waals surface area contributed by atoms with E-state index in [4.69, 9.17) is 37.3 Å². The number of rotatable bonds is 4. The third-order valence-corrected chi connectivity index (χ3v) is 6.31. The molecule has 0 spiro atoms. The van der Waals surface area contributed by atoms with E-state index in [-0.39, 0.29) is 0 Å². The molecule has 0 aliphatic carbocycles. The van der Waals surface area contributed by atoms with Gasteiger partial charge in [-0.25, -0.2) is 9.78 Å². The fourth-order valence-corrected chi connectivity index (χ4v) is 4.62. The van der Waals surface area contributed by atoms with Crippen LogP contribution in [0.5, 0.6) is 5.88 Å². The number of nitrogens with one attached hydrogen (secondary N) is 1. The lowest BCUT2D eigenvalue weighted by Crippen LogP contribution is -2.41. The highest BCUT2D eigenvalue weighted by molar-refractivity contribution is 6.33. The largest absolute Gasteiger partial charge is 0.471 e. The average Bonchev–Trinajstić information content (AvgIpc) is 3.33. The number of hydrogen-bond acceptors (Lipinski definition) is 6. The van der Waals surface area contributed by atoms with Gasteiger partial charge in [0.25, 0.3) is 0 Å². The van der Waals surface area contributed by atoms with Gasteiger partial charge in [-0.1, -0.05) is 41.4 Å². The molecule has 1 atom stereocenters. The first-order chi connectivity index (χ1) is 16.7. The van der Waals surface area contributed by atoms with E-state index in [1.54, 1.807) is 18.2 Å². The Morgan fingerprint density at radius 3 is 2.49 bits per heavy atom. The number of pyridine rings is 1. The molecule has 5 rings (SSSR count). The van der Waals surface area contributed by atoms with Gasteiger partial charge >= 0.3 is 6.09 Å². The van der Waals surface area contributed by atoms with Crippen molar-refractivity contribution >= 4 is 29.3 Å². The number of fused-ring (bicyclic) bond motifs is 1. The summed E-state index contributed by atoms with van der Waals surface area (Å²) in [5.74, 6) is 0.701. The van der Waals surface area contributed by atoms with E-state index in [2.05, 4.69) is 15.5 Å². The molecule has 0 radical (unpaired) electrons. The van der Waals surface area contributed by atoms with Gasteiger partial charge in [0.05, 0.1) is 16.8 Å². The first kappa shape index (κ1) is 23.1. The molecule has 2 aromatic heterocycles. The van der Waals surface area contributed by atoms with Crippen LogP contribution in [0.4, 0.5) is 4.79 Å². The average molecular weight is 511 g/mol. The van der Waals surface area contributed by atoms with E-state index < -0.39 is 17.7 Å². The van der Waals surface area contributed by atoms with Gasteiger partial charge < -0.3 is 19.6 Å². The number of benzene rings is 2. The Bertz CT molecular complexity index is 1410. The number of ether oxygens (including phenoxy) is 1. The summed E-state index contributed by atoms with van der Waals surface area (Å²) in [7, 11) is 0. The molecule has 0 fully saturated rings. The van der Waals surface area contributed by atoms with E-state index in [1.165, 1.54) is 6.39 Å². The van der Waals surface area contributed by atoms with E-state index in [1.807, 2.05) is 44.2 Å². The van der Waals surface area contributed by atoms with Crippen LogP contribution in [0.15, 0.2) is 59.3 Å². The third kappa shape index (κ3) is 4.67. The van der Waals surface area contributed by atoms with Crippen molar-refractivity contribution in [3.05, 3.63) is 70.5 Å². The smallest absolute Gasteiger partial charge is 0.405 e. The molecule has 1 aliphatic rings. The van der Waals surface area contributed by atoms with Gasteiger partial charge in [-0.05, 0) is 49.7 Å². The lowest BCUT2D eigenvalue weighted by atomic mass is 9.88. The van der Waals surface area contributed by atoms with E-state index in [0.717, 1.165) is 11.1 Å². The van der Waals surface area contributed by atoms with E-state index in [9.17, 15) is 9.90 Å². The van der Waals surface area contributed by atoms with Crippen molar-refractivity contribution in [1.29, 1.82) is 0 Å². The van der Waals surface area contributed by atoms with Crippen LogP contribution in [0.25, 0.3) is 33.8 Å². The number of hydrogen-bond donors (Lipinski definition) is 2. The van der Waals surface area contributed by atoms with Crippen LogP contribution >= 0.6 is 23.2 Å². The zero-order chi connectivity index (χ0) is 24.7. The van der Waals surface area contributed by atoms with Gasteiger partial charge in [0, 0.05) is 33.7 Å². The van der Waals surface area contributed by atoms with Gasteiger partial charge in [-0.3, -0.25) is 0 Å². The molecular formula is C25H20Cl2N4O4. The summed E-state index contributed by atoms with van der Waals surface area (Å²) in [6, 6.07) is 14.1. The first-order valence-corrected chi connectivity index (χ1v) is 11.5. The van der Waals surface area contributed by atoms with Gasteiger partial charge in [-0.2, -0.15) is 0 Å². The minimum atomic E-state index is -1.12. The predicted octanol–water partition coefficient (Wildman–Crippen LogP) is 6.64. The maximum atomic E-state index is 11.5. The van der Waals surface area contributed by atoms with Gasteiger partial charge in [-0.15, -0.1) is 10.2 Å². The summed E-state index contributed by atoms with van der Waals surface area (Å²) in [4.78, 5) is 16.4. The van der Waals surface area contributed by atoms with Gasteiger partial charge in [0.15, 0.2) is 0 Å². The summed E-state index contributed by atoms with van der Waals surface area (Å²) < 4.78 is 11.5. The van der Waals surface area contributed by atoms with Crippen molar-refractivity contribution in [1.82, 2.24) is 20.5 Å².